The summed E-state index contributed by atoms with van der Waals surface area (Å²) in [6.45, 7) is 1.95. The summed E-state index contributed by atoms with van der Waals surface area (Å²) in [6.07, 6.45) is 5.17. The fraction of sp³-hybridized carbons (Fsp3) is 0.464. The smallest absolute Gasteiger partial charge is 0.240 e. The molecule has 0 spiro atoms. The Labute approximate surface area is 212 Å². The van der Waals surface area contributed by atoms with Crippen molar-refractivity contribution in [3.05, 3.63) is 54.6 Å². The van der Waals surface area contributed by atoms with Crippen LogP contribution in [0.5, 0.6) is 0 Å². The van der Waals surface area contributed by atoms with E-state index < -0.39 is 10.0 Å². The molecule has 0 bridgehead atoms. The number of morpholine rings is 1. The van der Waals surface area contributed by atoms with E-state index in [1.165, 1.54) is 12.8 Å². The lowest BCUT2D eigenvalue weighted by atomic mass is 9.85. The molecule has 1 amide bonds. The zero-order valence-electron chi connectivity index (χ0n) is 20.4. The number of carbonyl (C=O) groups excluding carboxylic acids is 1. The lowest BCUT2D eigenvalue weighted by molar-refractivity contribution is -0.146. The van der Waals surface area contributed by atoms with Gasteiger partial charge in [-0.05, 0) is 68.2 Å². The number of hydrogen-bond donors (Lipinski definition) is 2. The van der Waals surface area contributed by atoms with Crippen LogP contribution in [0.3, 0.4) is 0 Å². The maximum Gasteiger partial charge on any atom is 0.240 e. The second-order valence-corrected chi connectivity index (χ2v) is 12.2. The molecule has 1 aromatic heterocycles. The first kappa shape index (κ1) is 23.7. The quantitative estimate of drug-likeness (QED) is 0.520. The van der Waals surface area contributed by atoms with Crippen molar-refractivity contribution < 1.29 is 17.9 Å². The number of benzene rings is 2. The van der Waals surface area contributed by atoms with Gasteiger partial charge in [0.25, 0.3) is 0 Å². The molecule has 8 heteroatoms. The molecule has 36 heavy (non-hydrogen) atoms. The molecule has 3 aromatic rings. The van der Waals surface area contributed by atoms with Gasteiger partial charge in [-0.25, -0.2) is 13.1 Å². The highest BCUT2D eigenvalue weighted by atomic mass is 32.2. The SMILES string of the molecule is O=C(C1CCC(NS(=O)(=O)c2ccc3cc(-c4ccccc4)[nH]c3c2)CC1)N1CCOCC1C1CC1. The van der Waals surface area contributed by atoms with Crippen molar-refractivity contribution in [1.29, 1.82) is 0 Å². The Morgan fingerprint density at radius 1 is 0.972 bits per heavy atom. The molecule has 2 heterocycles. The fourth-order valence-corrected chi connectivity index (χ4v) is 7.13. The van der Waals surface area contributed by atoms with Crippen LogP contribution in [-0.2, 0) is 19.6 Å². The molecule has 3 fully saturated rings. The second kappa shape index (κ2) is 9.65. The molecular weight excluding hydrogens is 474 g/mol. The van der Waals surface area contributed by atoms with Crippen molar-refractivity contribution in [2.24, 2.45) is 11.8 Å². The molecule has 6 rings (SSSR count). The van der Waals surface area contributed by atoms with Crippen LogP contribution in [0.15, 0.2) is 59.5 Å². The normalized spacial score (nSPS) is 25.2. The molecule has 2 aliphatic carbocycles. The maximum absolute atomic E-state index is 13.3. The predicted molar refractivity (Wildman–Crippen MR) is 139 cm³/mol. The minimum atomic E-state index is -3.66. The number of aromatic nitrogens is 1. The van der Waals surface area contributed by atoms with E-state index in [1.807, 2.05) is 42.5 Å². The van der Waals surface area contributed by atoms with Gasteiger partial charge in [0.2, 0.25) is 15.9 Å². The highest BCUT2D eigenvalue weighted by molar-refractivity contribution is 7.89. The number of H-pyrrole nitrogens is 1. The Bertz CT molecular complexity index is 1340. The second-order valence-electron chi connectivity index (χ2n) is 10.5. The monoisotopic (exact) mass is 507 g/mol. The van der Waals surface area contributed by atoms with Crippen molar-refractivity contribution >= 4 is 26.8 Å². The van der Waals surface area contributed by atoms with Gasteiger partial charge in [0.05, 0.1) is 24.2 Å². The molecule has 1 aliphatic heterocycles. The lowest BCUT2D eigenvalue weighted by Crippen LogP contribution is -2.52. The predicted octanol–water partition coefficient (Wildman–Crippen LogP) is 4.31. The lowest BCUT2D eigenvalue weighted by Gasteiger charge is -2.39. The van der Waals surface area contributed by atoms with Crippen LogP contribution in [-0.4, -0.2) is 56.1 Å². The van der Waals surface area contributed by atoms with Gasteiger partial charge in [-0.2, -0.15) is 0 Å². The first-order valence-corrected chi connectivity index (χ1v) is 14.5. The van der Waals surface area contributed by atoms with Gasteiger partial charge in [-0.1, -0.05) is 36.4 Å². The Hall–Kier alpha value is -2.68. The minimum absolute atomic E-state index is 0.0169. The molecule has 0 radical (unpaired) electrons. The van der Waals surface area contributed by atoms with Crippen LogP contribution in [0.4, 0.5) is 0 Å². The Morgan fingerprint density at radius 3 is 2.50 bits per heavy atom. The van der Waals surface area contributed by atoms with Crippen molar-refractivity contribution in [3.63, 3.8) is 0 Å². The average Bonchev–Trinajstić information content (AvgIpc) is 3.67. The third kappa shape index (κ3) is 4.82. The van der Waals surface area contributed by atoms with Gasteiger partial charge in [0.15, 0.2) is 0 Å². The molecule has 2 saturated carbocycles. The van der Waals surface area contributed by atoms with Crippen LogP contribution in [0, 0.1) is 11.8 Å². The Balaban J connectivity index is 1.10. The van der Waals surface area contributed by atoms with Crippen LogP contribution in [0.1, 0.15) is 38.5 Å². The molecular formula is C28H33N3O4S. The summed E-state index contributed by atoms with van der Waals surface area (Å²) >= 11 is 0. The number of hydrogen-bond acceptors (Lipinski definition) is 4. The number of aromatic amines is 1. The van der Waals surface area contributed by atoms with Gasteiger partial charge in [0.1, 0.15) is 0 Å². The number of ether oxygens (including phenoxy) is 1. The first-order chi connectivity index (χ1) is 17.5. The van der Waals surface area contributed by atoms with Crippen LogP contribution in [0.2, 0.25) is 0 Å². The summed E-state index contributed by atoms with van der Waals surface area (Å²) in [5.74, 6) is 0.817. The molecule has 1 atom stereocenters. The molecule has 2 N–H and O–H groups in total. The van der Waals surface area contributed by atoms with E-state index in [-0.39, 0.29) is 28.8 Å². The van der Waals surface area contributed by atoms with E-state index in [2.05, 4.69) is 14.6 Å². The van der Waals surface area contributed by atoms with E-state index in [0.29, 0.717) is 38.5 Å². The fourth-order valence-electron chi connectivity index (χ4n) is 5.79. The molecule has 1 unspecified atom stereocenters. The maximum atomic E-state index is 13.3. The number of rotatable bonds is 6. The Kier molecular flexibility index (Phi) is 6.35. The van der Waals surface area contributed by atoms with Gasteiger partial charge >= 0.3 is 0 Å². The highest BCUT2D eigenvalue weighted by Gasteiger charge is 2.41. The van der Waals surface area contributed by atoms with E-state index in [4.69, 9.17) is 4.74 Å². The van der Waals surface area contributed by atoms with Gasteiger partial charge in [-0.3, -0.25) is 4.79 Å². The molecule has 2 aromatic carbocycles. The van der Waals surface area contributed by atoms with Crippen molar-refractivity contribution in [3.8, 4) is 11.3 Å². The zero-order chi connectivity index (χ0) is 24.7. The molecule has 190 valence electrons. The Morgan fingerprint density at radius 2 is 1.75 bits per heavy atom. The number of carbonyl (C=O) groups is 1. The zero-order valence-corrected chi connectivity index (χ0v) is 21.2. The molecule has 1 saturated heterocycles. The largest absolute Gasteiger partial charge is 0.377 e. The number of sulfonamides is 1. The minimum Gasteiger partial charge on any atom is -0.377 e. The number of amides is 1. The topological polar surface area (TPSA) is 91.5 Å². The number of fused-ring (bicyclic) bond motifs is 1. The summed E-state index contributed by atoms with van der Waals surface area (Å²) in [5.41, 5.74) is 2.81. The highest BCUT2D eigenvalue weighted by Crippen LogP contribution is 2.38. The van der Waals surface area contributed by atoms with Crippen molar-refractivity contribution in [2.45, 2.75) is 55.5 Å². The van der Waals surface area contributed by atoms with Crippen LogP contribution < -0.4 is 4.72 Å². The van der Waals surface area contributed by atoms with Crippen LogP contribution >= 0.6 is 0 Å². The third-order valence-corrected chi connectivity index (χ3v) is 9.52. The summed E-state index contributed by atoms with van der Waals surface area (Å²) in [5, 5.41) is 0.972. The first-order valence-electron chi connectivity index (χ1n) is 13.1. The van der Waals surface area contributed by atoms with Gasteiger partial charge in [0, 0.05) is 35.1 Å². The number of nitrogens with zero attached hydrogens (tertiary/aromatic N) is 1. The van der Waals surface area contributed by atoms with E-state index in [1.54, 1.807) is 12.1 Å². The van der Waals surface area contributed by atoms with Crippen molar-refractivity contribution in [2.75, 3.05) is 19.8 Å². The van der Waals surface area contributed by atoms with E-state index in [0.717, 1.165) is 35.0 Å². The van der Waals surface area contributed by atoms with Gasteiger partial charge < -0.3 is 14.6 Å². The standard InChI is InChI=1S/C28H33N3O4S/c32-28(31-14-15-35-18-27(31)20-6-7-20)21-8-11-23(12-9-21)30-36(33,34)24-13-10-22-16-25(29-26(22)17-24)19-4-2-1-3-5-19/h1-5,10,13,16-17,20-21,23,27,29-30H,6-9,11-12,14-15,18H2. The van der Waals surface area contributed by atoms with Crippen molar-refractivity contribution in [1.82, 2.24) is 14.6 Å². The summed E-state index contributed by atoms with van der Waals surface area (Å²) < 4.78 is 34.9. The summed E-state index contributed by atoms with van der Waals surface area (Å²) in [4.78, 5) is 18.9. The van der Waals surface area contributed by atoms with Gasteiger partial charge in [-0.15, -0.1) is 0 Å². The van der Waals surface area contributed by atoms with E-state index in [9.17, 15) is 13.2 Å². The average molecular weight is 508 g/mol. The van der Waals surface area contributed by atoms with E-state index >= 15 is 0 Å². The summed E-state index contributed by atoms with van der Waals surface area (Å²) in [6, 6.07) is 17.3. The van der Waals surface area contributed by atoms with Crippen LogP contribution in [0.25, 0.3) is 22.2 Å². The molecule has 3 aliphatic rings. The third-order valence-electron chi connectivity index (χ3n) is 8.00. The number of nitrogens with one attached hydrogen (secondary N) is 2. The molecule has 7 nitrogen and oxygen atoms in total. The summed E-state index contributed by atoms with van der Waals surface area (Å²) in [7, 11) is -3.66.